The molecule has 0 atom stereocenters. The van der Waals surface area contributed by atoms with Gasteiger partial charge in [0, 0.05) is 5.69 Å². The van der Waals surface area contributed by atoms with Crippen molar-refractivity contribution in [1.29, 1.82) is 0 Å². The number of pyridine rings is 1. The summed E-state index contributed by atoms with van der Waals surface area (Å²) in [7, 11) is 21.9. The monoisotopic (exact) mass is 133 g/mol. The van der Waals surface area contributed by atoms with E-state index in [0.717, 1.165) is 0 Å². The third-order valence-electron chi connectivity index (χ3n) is 1.53. The first-order chi connectivity index (χ1) is 5.04. The van der Waals surface area contributed by atoms with Crippen LogP contribution in [0.2, 0.25) is 0 Å². The number of aryl methyl sites for hydroxylation is 1. The molecule has 1 heterocycles. The predicted molar refractivity (Wildman–Crippen MR) is 50.5 cm³/mol. The minimum absolute atomic E-state index is 0.231. The van der Waals surface area contributed by atoms with Crippen molar-refractivity contribution in [2.24, 2.45) is 0 Å². The summed E-state index contributed by atoms with van der Waals surface area (Å²) in [6.45, 7) is 1.72. The van der Waals surface area contributed by atoms with E-state index in [1.807, 2.05) is 0 Å². The molecular formula is C6H3B4N. The lowest BCUT2D eigenvalue weighted by Crippen LogP contribution is -2.50. The maximum Gasteiger partial charge on any atom is 0.140 e. The molecule has 8 radical (unpaired) electrons. The van der Waals surface area contributed by atoms with Crippen molar-refractivity contribution in [1.82, 2.24) is 4.98 Å². The minimum Gasteiger partial charge on any atom is -0.271 e. The fourth-order valence-electron chi connectivity index (χ4n) is 0.779. The van der Waals surface area contributed by atoms with Gasteiger partial charge in [0.15, 0.2) is 0 Å². The van der Waals surface area contributed by atoms with Crippen LogP contribution >= 0.6 is 0 Å². The molecule has 0 N–H and O–H groups in total. The fraction of sp³-hybridized carbons (Fsp3) is 0.167. The standard InChI is InChI=1S/C6H3B4N/c1-2-3(7)4(8)5(9)6(10)11-2/h1H3. The molecule has 0 aliphatic heterocycles. The van der Waals surface area contributed by atoms with Crippen molar-refractivity contribution in [3.8, 4) is 0 Å². The van der Waals surface area contributed by atoms with Gasteiger partial charge >= 0.3 is 0 Å². The second-order valence-electron chi connectivity index (χ2n) is 2.32. The zero-order valence-corrected chi connectivity index (χ0v) is 6.26. The Morgan fingerprint density at radius 2 is 1.45 bits per heavy atom. The number of rotatable bonds is 0. The smallest absolute Gasteiger partial charge is 0.140 e. The molecule has 0 fully saturated rings. The van der Waals surface area contributed by atoms with E-state index in [1.165, 1.54) is 0 Å². The summed E-state index contributed by atoms with van der Waals surface area (Å²) in [4.78, 5) is 3.88. The van der Waals surface area contributed by atoms with Crippen LogP contribution in [0.25, 0.3) is 0 Å². The largest absolute Gasteiger partial charge is 0.271 e. The Labute approximate surface area is 71.6 Å². The first-order valence-corrected chi connectivity index (χ1v) is 3.10. The predicted octanol–water partition coefficient (Wildman–Crippen LogP) is -3.43. The Morgan fingerprint density at radius 3 is 2.00 bits per heavy atom. The van der Waals surface area contributed by atoms with E-state index in [1.54, 1.807) is 6.92 Å². The van der Waals surface area contributed by atoms with Gasteiger partial charge in [0.25, 0.3) is 0 Å². The van der Waals surface area contributed by atoms with Gasteiger partial charge in [-0.3, -0.25) is 4.98 Å². The SMILES string of the molecule is [B]c1nc(C)c([B])c([B])c1[B]. The van der Waals surface area contributed by atoms with Gasteiger partial charge < -0.3 is 0 Å². The van der Waals surface area contributed by atoms with E-state index in [-0.39, 0.29) is 11.1 Å². The van der Waals surface area contributed by atoms with Crippen molar-refractivity contribution >= 4 is 53.4 Å². The van der Waals surface area contributed by atoms with Gasteiger partial charge in [-0.15, -0.1) is 5.46 Å². The summed E-state index contributed by atoms with van der Waals surface area (Å²) in [5, 5.41) is 0. The van der Waals surface area contributed by atoms with Crippen molar-refractivity contribution in [2.75, 3.05) is 0 Å². The van der Waals surface area contributed by atoms with Crippen molar-refractivity contribution in [3.05, 3.63) is 5.69 Å². The van der Waals surface area contributed by atoms with Gasteiger partial charge in [0.1, 0.15) is 31.4 Å². The highest BCUT2D eigenvalue weighted by Crippen LogP contribution is 1.75. The average Bonchev–Trinajstić information content (AvgIpc) is 1.97. The molecule has 0 aliphatic carbocycles. The topological polar surface area (TPSA) is 12.9 Å². The van der Waals surface area contributed by atoms with Gasteiger partial charge in [-0.1, -0.05) is 10.9 Å². The third kappa shape index (κ3) is 1.37. The van der Waals surface area contributed by atoms with Crippen molar-refractivity contribution < 1.29 is 0 Å². The van der Waals surface area contributed by atoms with Gasteiger partial charge in [-0.05, 0) is 12.5 Å². The molecule has 1 nitrogen and oxygen atoms in total. The molecule has 1 aromatic rings. The van der Waals surface area contributed by atoms with E-state index in [9.17, 15) is 0 Å². The maximum absolute atomic E-state index is 5.53. The molecule has 0 saturated heterocycles. The maximum atomic E-state index is 5.53. The van der Waals surface area contributed by atoms with Crippen LogP contribution in [0.4, 0.5) is 0 Å². The number of hydrogen-bond donors (Lipinski definition) is 0. The van der Waals surface area contributed by atoms with Crippen LogP contribution < -0.4 is 22.0 Å². The van der Waals surface area contributed by atoms with Gasteiger partial charge in [0.2, 0.25) is 0 Å². The Balaban J connectivity index is 3.46. The van der Waals surface area contributed by atoms with E-state index < -0.39 is 0 Å². The molecule has 0 aliphatic rings. The summed E-state index contributed by atoms with van der Waals surface area (Å²) < 4.78 is 0. The first-order valence-electron chi connectivity index (χ1n) is 3.10. The van der Waals surface area contributed by atoms with Gasteiger partial charge in [-0.2, -0.15) is 0 Å². The second kappa shape index (κ2) is 2.80. The quantitative estimate of drug-likeness (QED) is 0.335. The highest BCUT2D eigenvalue weighted by Gasteiger charge is 2.02. The molecule has 0 bridgehead atoms. The summed E-state index contributed by atoms with van der Waals surface area (Å²) in [5.74, 6) is 0. The molecule has 1 rings (SSSR count). The highest BCUT2D eigenvalue weighted by molar-refractivity contribution is 6.61. The number of aromatic nitrogens is 1. The van der Waals surface area contributed by atoms with Crippen LogP contribution in [0.15, 0.2) is 0 Å². The highest BCUT2D eigenvalue weighted by atomic mass is 14.7. The van der Waals surface area contributed by atoms with Crippen LogP contribution in [-0.2, 0) is 0 Å². The molecule has 5 heteroatoms. The van der Waals surface area contributed by atoms with Gasteiger partial charge in [0.05, 0.1) is 0 Å². The second-order valence-corrected chi connectivity index (χ2v) is 2.32. The third-order valence-corrected chi connectivity index (χ3v) is 1.53. The first kappa shape index (κ1) is 8.51. The van der Waals surface area contributed by atoms with E-state index >= 15 is 0 Å². The van der Waals surface area contributed by atoms with Crippen LogP contribution in [0.3, 0.4) is 0 Å². The zero-order chi connectivity index (χ0) is 8.59. The minimum atomic E-state index is 0.231. The van der Waals surface area contributed by atoms with Crippen LogP contribution in [0.5, 0.6) is 0 Å². The van der Waals surface area contributed by atoms with Crippen molar-refractivity contribution in [3.63, 3.8) is 0 Å². The van der Waals surface area contributed by atoms with Crippen LogP contribution in [0.1, 0.15) is 5.69 Å². The average molecular weight is 132 g/mol. The summed E-state index contributed by atoms with van der Waals surface area (Å²) in [5.41, 5.74) is 1.81. The Hall–Kier alpha value is -0.590. The van der Waals surface area contributed by atoms with E-state index in [4.69, 9.17) is 31.4 Å². The van der Waals surface area contributed by atoms with E-state index in [0.29, 0.717) is 16.6 Å². The molecule has 0 aromatic carbocycles. The molecule has 44 valence electrons. The molecule has 0 amide bonds. The Kier molecular flexibility index (Phi) is 2.17. The molecular weight excluding hydrogens is 129 g/mol. The number of hydrogen-bond acceptors (Lipinski definition) is 1. The van der Waals surface area contributed by atoms with Gasteiger partial charge in [-0.25, -0.2) is 0 Å². The molecule has 0 unspecified atom stereocenters. The Bertz CT molecular complexity index is 271. The van der Waals surface area contributed by atoms with Crippen LogP contribution in [0, 0.1) is 6.92 Å². The fourth-order valence-corrected chi connectivity index (χ4v) is 0.779. The molecule has 0 spiro atoms. The summed E-state index contributed by atoms with van der Waals surface area (Å²) in [6.07, 6.45) is 0. The van der Waals surface area contributed by atoms with Crippen molar-refractivity contribution in [2.45, 2.75) is 6.92 Å². The molecule has 11 heavy (non-hydrogen) atoms. The lowest BCUT2D eigenvalue weighted by molar-refractivity contribution is 1.28. The van der Waals surface area contributed by atoms with E-state index in [2.05, 4.69) is 4.98 Å². The number of nitrogens with zero attached hydrogens (tertiary/aromatic N) is 1. The zero-order valence-electron chi connectivity index (χ0n) is 6.26. The molecule has 0 saturated carbocycles. The lowest BCUT2D eigenvalue weighted by atomic mass is 9.69. The summed E-state index contributed by atoms with van der Waals surface area (Å²) in [6, 6.07) is 0. The Morgan fingerprint density at radius 1 is 0.909 bits per heavy atom. The molecule has 1 aromatic heterocycles. The lowest BCUT2D eigenvalue weighted by Gasteiger charge is -2.11. The summed E-state index contributed by atoms with van der Waals surface area (Å²) >= 11 is 0. The normalized spacial score (nSPS) is 9.91. The van der Waals surface area contributed by atoms with Crippen LogP contribution in [-0.4, -0.2) is 36.4 Å².